The molecule has 0 aromatic carbocycles. The molecule has 0 atom stereocenters. The van der Waals surface area contributed by atoms with Gasteiger partial charge in [-0.1, -0.05) is 0 Å². The van der Waals surface area contributed by atoms with Crippen molar-refractivity contribution in [3.8, 4) is 0 Å². The van der Waals surface area contributed by atoms with Crippen LogP contribution < -0.4 is 4.90 Å². The van der Waals surface area contributed by atoms with Crippen LogP contribution in [0.3, 0.4) is 0 Å². The number of rotatable bonds is 4. The molecule has 0 N–H and O–H groups in total. The average molecular weight is 333 g/mol. The molecular formula is C16H23N5OS. The Morgan fingerprint density at radius 1 is 1.26 bits per heavy atom. The number of anilines is 1. The van der Waals surface area contributed by atoms with Gasteiger partial charge in [-0.25, -0.2) is 4.98 Å². The zero-order chi connectivity index (χ0) is 16.4. The Kier molecular flexibility index (Phi) is 4.66. The molecule has 23 heavy (non-hydrogen) atoms. The summed E-state index contributed by atoms with van der Waals surface area (Å²) in [7, 11) is 1.95. The Bertz CT molecular complexity index is 671. The summed E-state index contributed by atoms with van der Waals surface area (Å²) in [5, 5.41) is 7.46. The fourth-order valence-electron chi connectivity index (χ4n) is 3.09. The number of amides is 1. The number of piperazine rings is 1. The largest absolute Gasteiger partial charge is 0.345 e. The smallest absolute Gasteiger partial charge is 0.223 e. The van der Waals surface area contributed by atoms with Crippen molar-refractivity contribution in [3.05, 3.63) is 28.5 Å². The summed E-state index contributed by atoms with van der Waals surface area (Å²) in [5.74, 6) is 0.242. The Morgan fingerprint density at radius 3 is 2.57 bits per heavy atom. The topological polar surface area (TPSA) is 54.3 Å². The molecule has 2 aromatic rings. The monoisotopic (exact) mass is 333 g/mol. The molecule has 6 nitrogen and oxygen atoms in total. The summed E-state index contributed by atoms with van der Waals surface area (Å²) in [6, 6.07) is 0. The van der Waals surface area contributed by atoms with Crippen LogP contribution in [-0.2, 0) is 18.3 Å². The lowest BCUT2D eigenvalue weighted by molar-refractivity contribution is -0.131. The number of carbonyl (C=O) groups is 1. The van der Waals surface area contributed by atoms with Gasteiger partial charge in [0.15, 0.2) is 5.13 Å². The summed E-state index contributed by atoms with van der Waals surface area (Å²) >= 11 is 1.65. The molecule has 1 fully saturated rings. The average Bonchev–Trinajstić information content (AvgIpc) is 3.16. The van der Waals surface area contributed by atoms with Gasteiger partial charge in [-0.2, -0.15) is 5.10 Å². The van der Waals surface area contributed by atoms with Gasteiger partial charge in [0.2, 0.25) is 5.91 Å². The number of nitrogens with zero attached hydrogens (tertiary/aromatic N) is 5. The van der Waals surface area contributed by atoms with Crippen molar-refractivity contribution in [1.82, 2.24) is 19.7 Å². The number of hydrogen-bond donors (Lipinski definition) is 0. The fraction of sp³-hybridized carbons (Fsp3) is 0.562. The Morgan fingerprint density at radius 2 is 2.00 bits per heavy atom. The van der Waals surface area contributed by atoms with Crippen molar-refractivity contribution in [2.24, 2.45) is 7.05 Å². The SMILES string of the molecule is Cc1nn(C)c(C)c1CCC(=O)N1CCN(c2nccs2)CC1. The van der Waals surface area contributed by atoms with Gasteiger partial charge in [-0.15, -0.1) is 11.3 Å². The first-order valence-electron chi connectivity index (χ1n) is 7.97. The first-order chi connectivity index (χ1) is 11.1. The number of thiazole rings is 1. The van der Waals surface area contributed by atoms with Gasteiger partial charge in [-0.3, -0.25) is 9.48 Å². The van der Waals surface area contributed by atoms with Gasteiger partial charge in [0.1, 0.15) is 0 Å². The van der Waals surface area contributed by atoms with Gasteiger partial charge in [0.05, 0.1) is 5.69 Å². The minimum Gasteiger partial charge on any atom is -0.345 e. The van der Waals surface area contributed by atoms with E-state index in [4.69, 9.17) is 0 Å². The summed E-state index contributed by atoms with van der Waals surface area (Å²) in [4.78, 5) is 21.0. The standard InChI is InChI=1S/C16H23N5OS/c1-12-14(13(2)19(3)18-12)4-5-15(22)20-7-9-21(10-8-20)16-17-6-11-23-16/h6,11H,4-5,7-10H2,1-3H3. The second kappa shape index (κ2) is 6.70. The third-order valence-electron chi connectivity index (χ3n) is 4.57. The first-order valence-corrected chi connectivity index (χ1v) is 8.85. The van der Waals surface area contributed by atoms with Gasteiger partial charge in [-0.05, 0) is 25.8 Å². The van der Waals surface area contributed by atoms with Crippen LogP contribution in [0.25, 0.3) is 0 Å². The van der Waals surface area contributed by atoms with Crippen molar-refractivity contribution in [1.29, 1.82) is 0 Å². The molecule has 3 heterocycles. The van der Waals surface area contributed by atoms with E-state index in [1.165, 1.54) is 5.56 Å². The van der Waals surface area contributed by atoms with E-state index in [0.717, 1.165) is 49.1 Å². The molecule has 0 bridgehead atoms. The van der Waals surface area contributed by atoms with Crippen LogP contribution in [0.15, 0.2) is 11.6 Å². The van der Waals surface area contributed by atoms with Gasteiger partial charge < -0.3 is 9.80 Å². The summed E-state index contributed by atoms with van der Waals surface area (Å²) in [6.07, 6.45) is 3.16. The number of carbonyl (C=O) groups excluding carboxylic acids is 1. The second-order valence-electron chi connectivity index (χ2n) is 5.96. The number of hydrogen-bond acceptors (Lipinski definition) is 5. The third-order valence-corrected chi connectivity index (χ3v) is 5.40. The summed E-state index contributed by atoms with van der Waals surface area (Å²) in [6.45, 7) is 7.37. The van der Waals surface area contributed by atoms with E-state index in [1.807, 2.05) is 35.1 Å². The molecule has 1 saturated heterocycles. The maximum atomic E-state index is 12.5. The van der Waals surface area contributed by atoms with Crippen LogP contribution >= 0.6 is 11.3 Å². The van der Waals surface area contributed by atoms with Crippen molar-refractivity contribution in [2.75, 3.05) is 31.1 Å². The molecule has 1 amide bonds. The van der Waals surface area contributed by atoms with E-state index >= 15 is 0 Å². The number of aromatic nitrogens is 3. The van der Waals surface area contributed by atoms with Crippen molar-refractivity contribution < 1.29 is 4.79 Å². The molecule has 2 aromatic heterocycles. The van der Waals surface area contributed by atoms with Gasteiger partial charge in [0, 0.05) is 56.9 Å². The van der Waals surface area contributed by atoms with Crippen molar-refractivity contribution >= 4 is 22.4 Å². The minimum atomic E-state index is 0.242. The summed E-state index contributed by atoms with van der Waals surface area (Å²) in [5.41, 5.74) is 3.40. The van der Waals surface area contributed by atoms with E-state index in [-0.39, 0.29) is 5.91 Å². The predicted molar refractivity (Wildman–Crippen MR) is 91.9 cm³/mol. The maximum Gasteiger partial charge on any atom is 0.223 e. The van der Waals surface area contributed by atoms with Crippen LogP contribution in [0.5, 0.6) is 0 Å². The van der Waals surface area contributed by atoms with Gasteiger partial charge >= 0.3 is 0 Å². The summed E-state index contributed by atoms with van der Waals surface area (Å²) < 4.78 is 1.89. The molecule has 0 aliphatic carbocycles. The molecule has 1 aliphatic rings. The normalized spacial score (nSPS) is 15.3. The molecule has 3 rings (SSSR count). The number of aryl methyl sites for hydroxylation is 2. The van der Waals surface area contributed by atoms with E-state index in [1.54, 1.807) is 11.3 Å². The molecule has 7 heteroatoms. The van der Waals surface area contributed by atoms with E-state index in [2.05, 4.69) is 21.9 Å². The highest BCUT2D eigenvalue weighted by atomic mass is 32.1. The molecule has 124 valence electrons. The van der Waals surface area contributed by atoms with Crippen molar-refractivity contribution in [3.63, 3.8) is 0 Å². The maximum absolute atomic E-state index is 12.5. The molecule has 1 aliphatic heterocycles. The first kappa shape index (κ1) is 16.0. The molecule has 0 spiro atoms. The quantitative estimate of drug-likeness (QED) is 0.856. The lowest BCUT2D eigenvalue weighted by Crippen LogP contribution is -2.48. The highest BCUT2D eigenvalue weighted by molar-refractivity contribution is 7.13. The van der Waals surface area contributed by atoms with Crippen LogP contribution in [0.2, 0.25) is 0 Å². The Balaban J connectivity index is 1.52. The second-order valence-corrected chi connectivity index (χ2v) is 6.83. The Labute approximate surface area is 140 Å². The highest BCUT2D eigenvalue weighted by Gasteiger charge is 2.22. The van der Waals surface area contributed by atoms with Crippen LogP contribution in [-0.4, -0.2) is 51.8 Å². The molecular weight excluding hydrogens is 310 g/mol. The Hall–Kier alpha value is -1.89. The van der Waals surface area contributed by atoms with Crippen LogP contribution in [0, 0.1) is 13.8 Å². The molecule has 0 radical (unpaired) electrons. The van der Waals surface area contributed by atoms with E-state index < -0.39 is 0 Å². The zero-order valence-electron chi connectivity index (χ0n) is 13.9. The van der Waals surface area contributed by atoms with Crippen LogP contribution in [0.4, 0.5) is 5.13 Å². The third kappa shape index (κ3) is 3.39. The molecule has 0 saturated carbocycles. The minimum absolute atomic E-state index is 0.242. The predicted octanol–water partition coefficient (Wildman–Crippen LogP) is 1.77. The molecule has 0 unspecified atom stereocenters. The van der Waals surface area contributed by atoms with Gasteiger partial charge in [0.25, 0.3) is 0 Å². The van der Waals surface area contributed by atoms with Crippen LogP contribution in [0.1, 0.15) is 23.4 Å². The van der Waals surface area contributed by atoms with E-state index in [9.17, 15) is 4.79 Å². The van der Waals surface area contributed by atoms with Crippen molar-refractivity contribution in [2.45, 2.75) is 26.7 Å². The lowest BCUT2D eigenvalue weighted by Gasteiger charge is -2.34. The zero-order valence-corrected chi connectivity index (χ0v) is 14.8. The fourth-order valence-corrected chi connectivity index (χ4v) is 3.79. The lowest BCUT2D eigenvalue weighted by atomic mass is 10.1. The van der Waals surface area contributed by atoms with E-state index in [0.29, 0.717) is 6.42 Å². The highest BCUT2D eigenvalue weighted by Crippen LogP contribution is 2.20.